The second kappa shape index (κ2) is 7.74. The van der Waals surface area contributed by atoms with E-state index in [1.54, 1.807) is 48.5 Å². The summed E-state index contributed by atoms with van der Waals surface area (Å²) in [6, 6.07) is 16.8. The molecular formula is C22H18ClFN2O3S. The quantitative estimate of drug-likeness (QED) is 0.624. The highest BCUT2D eigenvalue weighted by Gasteiger charge is 2.36. The fraction of sp³-hybridized carbons (Fsp3) is 0.136. The molecule has 5 nitrogen and oxygen atoms in total. The van der Waals surface area contributed by atoms with Crippen LogP contribution in [0.3, 0.4) is 0 Å². The van der Waals surface area contributed by atoms with Gasteiger partial charge in [-0.2, -0.15) is 0 Å². The molecule has 1 amide bonds. The maximum atomic E-state index is 13.3. The first kappa shape index (κ1) is 20.4. The smallest absolute Gasteiger partial charge is 0.264 e. The molecule has 4 rings (SSSR count). The Morgan fingerprint density at radius 1 is 1.10 bits per heavy atom. The van der Waals surface area contributed by atoms with Gasteiger partial charge in [-0.1, -0.05) is 29.8 Å². The molecule has 3 aromatic carbocycles. The number of amides is 1. The van der Waals surface area contributed by atoms with Crippen molar-refractivity contribution in [3.8, 4) is 0 Å². The SMILES string of the molecule is C[C@H]1Cc2cc(C(=O)Nc3ccc(F)c(Cl)c3)ccc2N1S(=O)(=O)c1ccccc1. The zero-order chi connectivity index (χ0) is 21.5. The van der Waals surface area contributed by atoms with E-state index in [4.69, 9.17) is 11.6 Å². The second-order valence-corrected chi connectivity index (χ2v) is 9.32. The Morgan fingerprint density at radius 3 is 2.53 bits per heavy atom. The molecule has 0 aromatic heterocycles. The van der Waals surface area contributed by atoms with Crippen molar-refractivity contribution in [1.82, 2.24) is 0 Å². The van der Waals surface area contributed by atoms with Crippen LogP contribution in [0.25, 0.3) is 0 Å². The molecule has 0 bridgehead atoms. The largest absolute Gasteiger partial charge is 0.322 e. The van der Waals surface area contributed by atoms with E-state index >= 15 is 0 Å². The van der Waals surface area contributed by atoms with E-state index in [0.29, 0.717) is 23.4 Å². The monoisotopic (exact) mass is 444 g/mol. The van der Waals surface area contributed by atoms with Gasteiger partial charge in [-0.3, -0.25) is 9.10 Å². The summed E-state index contributed by atoms with van der Waals surface area (Å²) in [5, 5.41) is 2.59. The van der Waals surface area contributed by atoms with Crippen LogP contribution < -0.4 is 9.62 Å². The summed E-state index contributed by atoms with van der Waals surface area (Å²) in [7, 11) is -3.71. The van der Waals surface area contributed by atoms with Crippen molar-refractivity contribution in [3.05, 3.63) is 88.7 Å². The molecule has 1 heterocycles. The first-order valence-electron chi connectivity index (χ1n) is 9.26. The van der Waals surface area contributed by atoms with Gasteiger partial charge in [0.05, 0.1) is 15.6 Å². The van der Waals surface area contributed by atoms with Crippen molar-refractivity contribution in [3.63, 3.8) is 0 Å². The summed E-state index contributed by atoms with van der Waals surface area (Å²) >= 11 is 5.76. The van der Waals surface area contributed by atoms with Crippen molar-refractivity contribution < 1.29 is 17.6 Å². The van der Waals surface area contributed by atoms with Gasteiger partial charge < -0.3 is 5.32 Å². The number of benzene rings is 3. The molecule has 1 atom stereocenters. The Morgan fingerprint density at radius 2 is 1.83 bits per heavy atom. The third-order valence-corrected chi connectivity index (χ3v) is 7.20. The van der Waals surface area contributed by atoms with Gasteiger partial charge in [-0.05, 0) is 67.4 Å². The minimum Gasteiger partial charge on any atom is -0.322 e. The molecule has 8 heteroatoms. The molecule has 1 N–H and O–H groups in total. The van der Waals surface area contributed by atoms with Crippen molar-refractivity contribution in [1.29, 1.82) is 0 Å². The van der Waals surface area contributed by atoms with Gasteiger partial charge in [0.15, 0.2) is 0 Å². The van der Waals surface area contributed by atoms with Crippen LogP contribution in [0.1, 0.15) is 22.8 Å². The number of fused-ring (bicyclic) bond motifs is 1. The third kappa shape index (κ3) is 3.66. The van der Waals surface area contributed by atoms with E-state index in [-0.39, 0.29) is 16.0 Å². The highest BCUT2D eigenvalue weighted by Crippen LogP contribution is 2.37. The highest BCUT2D eigenvalue weighted by atomic mass is 35.5. The van der Waals surface area contributed by atoms with Crippen LogP contribution in [0.15, 0.2) is 71.6 Å². The lowest BCUT2D eigenvalue weighted by molar-refractivity contribution is 0.102. The van der Waals surface area contributed by atoms with E-state index in [1.165, 1.54) is 22.5 Å². The van der Waals surface area contributed by atoms with Gasteiger partial charge in [-0.25, -0.2) is 12.8 Å². The third-order valence-electron chi connectivity index (χ3n) is 4.97. The summed E-state index contributed by atoms with van der Waals surface area (Å²) in [6.45, 7) is 1.83. The zero-order valence-corrected chi connectivity index (χ0v) is 17.5. The Labute approximate surface area is 179 Å². The van der Waals surface area contributed by atoms with Crippen LogP contribution in [0.5, 0.6) is 0 Å². The number of halogens is 2. The molecule has 0 aliphatic carbocycles. The first-order valence-corrected chi connectivity index (χ1v) is 11.1. The number of carbonyl (C=O) groups excluding carboxylic acids is 1. The molecule has 0 saturated carbocycles. The summed E-state index contributed by atoms with van der Waals surface area (Å²) < 4.78 is 41.0. The molecular weight excluding hydrogens is 427 g/mol. The Bertz CT molecular complexity index is 1230. The standard InChI is InChI=1S/C22H18ClFN2O3S/c1-14-11-16-12-15(22(27)25-17-8-9-20(24)19(23)13-17)7-10-21(16)26(14)30(28,29)18-5-3-2-4-6-18/h2-10,12-14H,11H2,1H3,(H,25,27)/t14-/m0/s1. The maximum absolute atomic E-state index is 13.3. The van der Waals surface area contributed by atoms with Crippen molar-refractivity contribution in [2.75, 3.05) is 9.62 Å². The van der Waals surface area contributed by atoms with Gasteiger partial charge in [0.2, 0.25) is 0 Å². The van der Waals surface area contributed by atoms with Gasteiger partial charge in [0.1, 0.15) is 5.82 Å². The predicted molar refractivity (Wildman–Crippen MR) is 115 cm³/mol. The average Bonchev–Trinajstić information content (AvgIpc) is 3.07. The molecule has 0 saturated heterocycles. The Hall–Kier alpha value is -2.90. The van der Waals surface area contributed by atoms with Gasteiger partial charge in [-0.15, -0.1) is 0 Å². The Kier molecular flexibility index (Phi) is 5.26. The van der Waals surface area contributed by atoms with E-state index in [1.807, 2.05) is 6.92 Å². The lowest BCUT2D eigenvalue weighted by atomic mass is 10.1. The fourth-order valence-corrected chi connectivity index (χ4v) is 5.49. The van der Waals surface area contributed by atoms with E-state index in [0.717, 1.165) is 5.56 Å². The molecule has 0 spiro atoms. The van der Waals surface area contributed by atoms with Crippen LogP contribution in [-0.2, 0) is 16.4 Å². The van der Waals surface area contributed by atoms with Crippen LogP contribution >= 0.6 is 11.6 Å². The minimum absolute atomic E-state index is 0.0858. The van der Waals surface area contributed by atoms with Gasteiger partial charge in [0.25, 0.3) is 15.9 Å². The number of hydrogen-bond acceptors (Lipinski definition) is 3. The molecule has 0 unspecified atom stereocenters. The first-order chi connectivity index (χ1) is 14.3. The molecule has 30 heavy (non-hydrogen) atoms. The highest BCUT2D eigenvalue weighted by molar-refractivity contribution is 7.92. The maximum Gasteiger partial charge on any atom is 0.264 e. The number of sulfonamides is 1. The summed E-state index contributed by atoms with van der Waals surface area (Å²) in [6.07, 6.45) is 0.491. The van der Waals surface area contributed by atoms with E-state index in [2.05, 4.69) is 5.32 Å². The molecule has 3 aromatic rings. The molecule has 1 aliphatic heterocycles. The lowest BCUT2D eigenvalue weighted by Crippen LogP contribution is -2.35. The topological polar surface area (TPSA) is 66.5 Å². The summed E-state index contributed by atoms with van der Waals surface area (Å²) in [5.41, 5.74) is 2.08. The molecule has 0 radical (unpaired) electrons. The summed E-state index contributed by atoms with van der Waals surface area (Å²) in [5.74, 6) is -0.960. The average molecular weight is 445 g/mol. The number of hydrogen-bond donors (Lipinski definition) is 1. The normalized spacial score (nSPS) is 15.7. The second-order valence-electron chi connectivity index (χ2n) is 7.09. The molecule has 154 valence electrons. The predicted octanol–water partition coefficient (Wildman–Crippen LogP) is 4.87. The fourth-order valence-electron chi connectivity index (χ4n) is 3.59. The van der Waals surface area contributed by atoms with Crippen LogP contribution in [-0.4, -0.2) is 20.4 Å². The molecule has 1 aliphatic rings. The summed E-state index contributed by atoms with van der Waals surface area (Å²) in [4.78, 5) is 12.8. The number of rotatable bonds is 4. The van der Waals surface area contributed by atoms with Crippen molar-refractivity contribution >= 4 is 38.9 Å². The number of nitrogens with one attached hydrogen (secondary N) is 1. The minimum atomic E-state index is -3.71. The van der Waals surface area contributed by atoms with Crippen molar-refractivity contribution in [2.24, 2.45) is 0 Å². The van der Waals surface area contributed by atoms with Crippen molar-refractivity contribution in [2.45, 2.75) is 24.3 Å². The number of anilines is 2. The van der Waals surface area contributed by atoms with Crippen LogP contribution in [0.4, 0.5) is 15.8 Å². The van der Waals surface area contributed by atoms with E-state index in [9.17, 15) is 17.6 Å². The molecule has 0 fully saturated rings. The van der Waals surface area contributed by atoms with Gasteiger partial charge >= 0.3 is 0 Å². The Balaban J connectivity index is 1.62. The van der Waals surface area contributed by atoms with E-state index < -0.39 is 21.7 Å². The number of nitrogens with zero attached hydrogens (tertiary/aromatic N) is 1. The number of carbonyl (C=O) groups is 1. The van der Waals surface area contributed by atoms with Crippen LogP contribution in [0, 0.1) is 5.82 Å². The zero-order valence-electron chi connectivity index (χ0n) is 16.0. The lowest BCUT2D eigenvalue weighted by Gasteiger charge is -2.24. The van der Waals surface area contributed by atoms with Gasteiger partial charge in [0, 0.05) is 17.3 Å². The van der Waals surface area contributed by atoms with Crippen LogP contribution in [0.2, 0.25) is 5.02 Å².